The van der Waals surface area contributed by atoms with Gasteiger partial charge in [0.2, 0.25) is 0 Å². The van der Waals surface area contributed by atoms with Crippen molar-refractivity contribution in [3.8, 4) is 0 Å². The molecule has 1 aromatic carbocycles. The smallest absolute Gasteiger partial charge is 0.162 e. The summed E-state index contributed by atoms with van der Waals surface area (Å²) in [6.45, 7) is 3.74. The second kappa shape index (κ2) is 4.25. The first-order valence-electron chi connectivity index (χ1n) is 4.05. The summed E-state index contributed by atoms with van der Waals surface area (Å²) < 4.78 is 0.813. The van der Waals surface area contributed by atoms with Crippen LogP contribution in [0.4, 0.5) is 0 Å². The summed E-state index contributed by atoms with van der Waals surface area (Å²) in [7, 11) is 0. The highest BCUT2D eigenvalue weighted by molar-refractivity contribution is 9.10. The molecule has 0 aromatic heterocycles. The molecule has 70 valence electrons. The van der Waals surface area contributed by atoms with Gasteiger partial charge in [-0.05, 0) is 40.5 Å². The Balaban J connectivity index is 3.26. The molecule has 0 amide bonds. The van der Waals surface area contributed by atoms with E-state index in [4.69, 9.17) is 11.6 Å². The van der Waals surface area contributed by atoms with E-state index in [0.29, 0.717) is 11.4 Å². The number of Topliss-reactive ketones (excluding diaryl/α,β-unsaturated/α-hetero) is 1. The average molecular weight is 262 g/mol. The molecule has 0 aliphatic carbocycles. The molecule has 0 N–H and O–H groups in total. The summed E-state index contributed by atoms with van der Waals surface area (Å²) >= 11 is 9.22. The van der Waals surface area contributed by atoms with Crippen molar-refractivity contribution in [1.29, 1.82) is 0 Å². The normalized spacial score (nSPS) is 10.2. The van der Waals surface area contributed by atoms with E-state index in [0.717, 1.165) is 15.6 Å². The lowest BCUT2D eigenvalue weighted by Gasteiger charge is -2.06. The van der Waals surface area contributed by atoms with Gasteiger partial charge >= 0.3 is 0 Å². The van der Waals surface area contributed by atoms with Gasteiger partial charge < -0.3 is 0 Å². The molecule has 0 spiro atoms. The Morgan fingerprint density at radius 2 is 2.15 bits per heavy atom. The van der Waals surface area contributed by atoms with Crippen LogP contribution < -0.4 is 0 Å². The highest BCUT2D eigenvalue weighted by atomic mass is 79.9. The predicted octanol–water partition coefficient (Wildman–Crippen LogP) is 4.00. The number of carbonyl (C=O) groups excluding carboxylic acids is 1. The average Bonchev–Trinajstić information content (AvgIpc) is 2.13. The van der Waals surface area contributed by atoms with Crippen LogP contribution in [-0.2, 0) is 0 Å². The van der Waals surface area contributed by atoms with E-state index < -0.39 is 0 Å². The van der Waals surface area contributed by atoms with Gasteiger partial charge in [-0.25, -0.2) is 0 Å². The van der Waals surface area contributed by atoms with Gasteiger partial charge in [-0.2, -0.15) is 0 Å². The zero-order chi connectivity index (χ0) is 10.0. The van der Waals surface area contributed by atoms with E-state index >= 15 is 0 Å². The standard InChI is InChI=1S/C10H10BrClO/c1-3-9(13)7-4-5-8(12)10(11)6(7)2/h4-5H,3H2,1-2H3. The van der Waals surface area contributed by atoms with Crippen molar-refractivity contribution in [2.45, 2.75) is 20.3 Å². The maximum absolute atomic E-state index is 11.4. The molecule has 13 heavy (non-hydrogen) atoms. The molecule has 0 aliphatic heterocycles. The van der Waals surface area contributed by atoms with Crippen LogP contribution in [0.1, 0.15) is 29.3 Å². The minimum absolute atomic E-state index is 0.148. The van der Waals surface area contributed by atoms with Crippen LogP contribution in [0.5, 0.6) is 0 Å². The number of halogens is 2. The first-order valence-corrected chi connectivity index (χ1v) is 5.22. The fourth-order valence-electron chi connectivity index (χ4n) is 1.14. The minimum Gasteiger partial charge on any atom is -0.294 e. The topological polar surface area (TPSA) is 17.1 Å². The van der Waals surface area contributed by atoms with Crippen LogP contribution in [-0.4, -0.2) is 5.78 Å². The maximum Gasteiger partial charge on any atom is 0.162 e. The van der Waals surface area contributed by atoms with Crippen LogP contribution in [0.15, 0.2) is 16.6 Å². The van der Waals surface area contributed by atoms with Crippen LogP contribution in [0, 0.1) is 6.92 Å². The number of hydrogen-bond donors (Lipinski definition) is 0. The Bertz CT molecular complexity index is 347. The minimum atomic E-state index is 0.148. The molecule has 3 heteroatoms. The van der Waals surface area contributed by atoms with E-state index in [1.807, 2.05) is 13.8 Å². The molecule has 1 aromatic rings. The van der Waals surface area contributed by atoms with Crippen molar-refractivity contribution in [3.05, 3.63) is 32.8 Å². The van der Waals surface area contributed by atoms with Crippen molar-refractivity contribution < 1.29 is 4.79 Å². The highest BCUT2D eigenvalue weighted by Crippen LogP contribution is 2.28. The van der Waals surface area contributed by atoms with E-state index in [2.05, 4.69) is 15.9 Å². The maximum atomic E-state index is 11.4. The molecule has 0 heterocycles. The molecule has 0 bridgehead atoms. The first kappa shape index (κ1) is 10.7. The van der Waals surface area contributed by atoms with Crippen LogP contribution in [0.2, 0.25) is 5.02 Å². The lowest BCUT2D eigenvalue weighted by atomic mass is 10.0. The molecule has 0 radical (unpaired) electrons. The fraction of sp³-hybridized carbons (Fsp3) is 0.300. The predicted molar refractivity (Wildman–Crippen MR) is 58.5 cm³/mol. The zero-order valence-electron chi connectivity index (χ0n) is 7.53. The Kier molecular flexibility index (Phi) is 3.51. The third-order valence-corrected chi connectivity index (χ3v) is 3.53. The molecule has 0 fully saturated rings. The Morgan fingerprint density at radius 3 is 2.69 bits per heavy atom. The van der Waals surface area contributed by atoms with Crippen molar-refractivity contribution in [3.63, 3.8) is 0 Å². The summed E-state index contributed by atoms with van der Waals surface area (Å²) in [6.07, 6.45) is 0.523. The molecule has 1 rings (SSSR count). The van der Waals surface area contributed by atoms with E-state index in [9.17, 15) is 4.79 Å². The summed E-state index contributed by atoms with van der Waals surface area (Å²) in [5, 5.41) is 0.644. The Hall–Kier alpha value is -0.340. The summed E-state index contributed by atoms with van der Waals surface area (Å²) in [6, 6.07) is 3.51. The van der Waals surface area contributed by atoms with Crippen molar-refractivity contribution in [2.75, 3.05) is 0 Å². The molecule has 0 unspecified atom stereocenters. The van der Waals surface area contributed by atoms with Gasteiger partial charge in [-0.3, -0.25) is 4.79 Å². The van der Waals surface area contributed by atoms with Gasteiger partial charge in [0.25, 0.3) is 0 Å². The number of ketones is 1. The lowest BCUT2D eigenvalue weighted by Crippen LogP contribution is -2.00. The van der Waals surface area contributed by atoms with Crippen LogP contribution in [0.3, 0.4) is 0 Å². The van der Waals surface area contributed by atoms with Gasteiger partial charge in [-0.1, -0.05) is 18.5 Å². The second-order valence-corrected chi connectivity index (χ2v) is 4.01. The van der Waals surface area contributed by atoms with E-state index in [1.165, 1.54) is 0 Å². The van der Waals surface area contributed by atoms with Gasteiger partial charge in [0.1, 0.15) is 0 Å². The molecular formula is C10H10BrClO. The number of rotatable bonds is 2. The third-order valence-electron chi connectivity index (χ3n) is 1.96. The molecule has 0 saturated heterocycles. The Morgan fingerprint density at radius 1 is 1.54 bits per heavy atom. The van der Waals surface area contributed by atoms with Crippen molar-refractivity contribution in [2.24, 2.45) is 0 Å². The van der Waals surface area contributed by atoms with Crippen LogP contribution >= 0.6 is 27.5 Å². The molecule has 0 aliphatic rings. The number of hydrogen-bond acceptors (Lipinski definition) is 1. The second-order valence-electron chi connectivity index (χ2n) is 2.81. The highest BCUT2D eigenvalue weighted by Gasteiger charge is 2.10. The third kappa shape index (κ3) is 2.12. The van der Waals surface area contributed by atoms with Gasteiger partial charge in [0.15, 0.2) is 5.78 Å². The van der Waals surface area contributed by atoms with Gasteiger partial charge in [-0.15, -0.1) is 0 Å². The summed E-state index contributed by atoms with van der Waals surface area (Å²) in [4.78, 5) is 11.4. The van der Waals surface area contributed by atoms with E-state index in [-0.39, 0.29) is 5.78 Å². The first-order chi connectivity index (χ1) is 6.07. The molecular weight excluding hydrogens is 251 g/mol. The number of benzene rings is 1. The van der Waals surface area contributed by atoms with Crippen LogP contribution in [0.25, 0.3) is 0 Å². The summed E-state index contributed by atoms with van der Waals surface area (Å²) in [5.74, 6) is 0.148. The van der Waals surface area contributed by atoms with Crippen molar-refractivity contribution >= 4 is 33.3 Å². The van der Waals surface area contributed by atoms with Crippen molar-refractivity contribution in [1.82, 2.24) is 0 Å². The largest absolute Gasteiger partial charge is 0.294 e. The molecule has 0 saturated carbocycles. The molecule has 0 atom stereocenters. The fourth-order valence-corrected chi connectivity index (χ4v) is 1.70. The Labute approximate surface area is 91.2 Å². The molecule has 1 nitrogen and oxygen atoms in total. The monoisotopic (exact) mass is 260 g/mol. The van der Waals surface area contributed by atoms with E-state index in [1.54, 1.807) is 12.1 Å². The quantitative estimate of drug-likeness (QED) is 0.735. The zero-order valence-corrected chi connectivity index (χ0v) is 9.87. The number of carbonyl (C=O) groups is 1. The lowest BCUT2D eigenvalue weighted by molar-refractivity contribution is 0.0987. The summed E-state index contributed by atoms with van der Waals surface area (Å²) in [5.41, 5.74) is 1.66. The van der Waals surface area contributed by atoms with Gasteiger partial charge in [0.05, 0.1) is 5.02 Å². The van der Waals surface area contributed by atoms with Gasteiger partial charge in [0, 0.05) is 16.5 Å². The SMILES string of the molecule is CCC(=O)c1ccc(Cl)c(Br)c1C.